The molecule has 9 heteroatoms. The van der Waals surface area contributed by atoms with Crippen molar-refractivity contribution in [2.24, 2.45) is 7.05 Å². The fourth-order valence-corrected chi connectivity index (χ4v) is 2.98. The first-order chi connectivity index (χ1) is 12.2. The molecule has 2 aromatic heterocycles. The van der Waals surface area contributed by atoms with Crippen LogP contribution in [0.1, 0.15) is 30.0 Å². The van der Waals surface area contributed by atoms with E-state index in [9.17, 15) is 0 Å². The maximum Gasteiger partial charge on any atom is 0.224 e. The van der Waals surface area contributed by atoms with Gasteiger partial charge >= 0.3 is 0 Å². The SMILES string of the molecule is COCCNc1nc2c(c(NC(C)c3ncnn3C)n1)CCNCC2. The van der Waals surface area contributed by atoms with Gasteiger partial charge in [0, 0.05) is 39.2 Å². The zero-order valence-electron chi connectivity index (χ0n) is 15.0. The van der Waals surface area contributed by atoms with Gasteiger partial charge in [-0.05, 0) is 19.9 Å². The van der Waals surface area contributed by atoms with Crippen LogP contribution in [0.4, 0.5) is 11.8 Å². The van der Waals surface area contributed by atoms with Crippen LogP contribution in [-0.2, 0) is 24.6 Å². The predicted molar refractivity (Wildman–Crippen MR) is 95.7 cm³/mol. The third-order valence-corrected chi connectivity index (χ3v) is 4.26. The minimum Gasteiger partial charge on any atom is -0.383 e. The smallest absolute Gasteiger partial charge is 0.224 e. The molecule has 136 valence electrons. The number of aryl methyl sites for hydroxylation is 1. The Morgan fingerprint density at radius 3 is 2.92 bits per heavy atom. The number of rotatable bonds is 7. The van der Waals surface area contributed by atoms with E-state index in [0.717, 1.165) is 43.3 Å². The maximum atomic E-state index is 5.09. The third-order valence-electron chi connectivity index (χ3n) is 4.26. The van der Waals surface area contributed by atoms with Crippen LogP contribution in [0.2, 0.25) is 0 Å². The first kappa shape index (κ1) is 17.6. The second-order valence-electron chi connectivity index (χ2n) is 6.10. The van der Waals surface area contributed by atoms with Crippen molar-refractivity contribution in [1.29, 1.82) is 0 Å². The number of ether oxygens (including phenoxy) is 1. The summed E-state index contributed by atoms with van der Waals surface area (Å²) < 4.78 is 6.87. The summed E-state index contributed by atoms with van der Waals surface area (Å²) in [5.74, 6) is 2.36. The van der Waals surface area contributed by atoms with Crippen LogP contribution >= 0.6 is 0 Å². The van der Waals surface area contributed by atoms with Gasteiger partial charge in [-0.2, -0.15) is 10.1 Å². The van der Waals surface area contributed by atoms with Crippen molar-refractivity contribution < 1.29 is 4.74 Å². The van der Waals surface area contributed by atoms with Crippen molar-refractivity contribution in [3.8, 4) is 0 Å². The zero-order valence-corrected chi connectivity index (χ0v) is 15.0. The molecule has 1 aliphatic rings. The molecule has 0 aliphatic carbocycles. The molecule has 0 spiro atoms. The molecule has 3 heterocycles. The standard InChI is InChI=1S/C16H26N8O/c1-11(15-19-10-20-24(15)2)21-14-12-4-6-17-7-5-13(12)22-16(23-14)18-8-9-25-3/h10-11,17H,4-9H2,1-3H3,(H2,18,21,22,23). The number of nitrogens with one attached hydrogen (secondary N) is 3. The summed E-state index contributed by atoms with van der Waals surface area (Å²) in [5, 5.41) is 14.3. The van der Waals surface area contributed by atoms with Crippen molar-refractivity contribution in [1.82, 2.24) is 30.0 Å². The topological polar surface area (TPSA) is 102 Å². The number of aromatic nitrogens is 5. The highest BCUT2D eigenvalue weighted by molar-refractivity contribution is 5.52. The van der Waals surface area contributed by atoms with Gasteiger partial charge in [-0.25, -0.2) is 9.97 Å². The van der Waals surface area contributed by atoms with Crippen molar-refractivity contribution in [3.05, 3.63) is 23.4 Å². The molecule has 0 saturated carbocycles. The molecule has 2 aromatic rings. The van der Waals surface area contributed by atoms with Gasteiger partial charge in [0.15, 0.2) is 0 Å². The number of methoxy groups -OCH3 is 1. The molecule has 3 rings (SSSR count). The summed E-state index contributed by atoms with van der Waals surface area (Å²) in [6, 6.07) is -0.00506. The monoisotopic (exact) mass is 346 g/mol. The van der Waals surface area contributed by atoms with Gasteiger partial charge < -0.3 is 20.7 Å². The molecule has 0 amide bonds. The zero-order chi connectivity index (χ0) is 17.6. The van der Waals surface area contributed by atoms with E-state index in [1.807, 2.05) is 7.05 Å². The fourth-order valence-electron chi connectivity index (χ4n) is 2.98. The molecule has 0 saturated heterocycles. The highest BCUT2D eigenvalue weighted by Gasteiger charge is 2.19. The van der Waals surface area contributed by atoms with E-state index in [0.29, 0.717) is 19.1 Å². The molecular weight excluding hydrogens is 320 g/mol. The molecule has 1 aliphatic heterocycles. The van der Waals surface area contributed by atoms with Gasteiger partial charge in [-0.15, -0.1) is 0 Å². The van der Waals surface area contributed by atoms with E-state index < -0.39 is 0 Å². The average molecular weight is 346 g/mol. The van der Waals surface area contributed by atoms with E-state index in [1.54, 1.807) is 18.1 Å². The molecule has 25 heavy (non-hydrogen) atoms. The largest absolute Gasteiger partial charge is 0.383 e. The van der Waals surface area contributed by atoms with Gasteiger partial charge in [0.2, 0.25) is 5.95 Å². The van der Waals surface area contributed by atoms with Gasteiger partial charge in [0.25, 0.3) is 0 Å². The minimum atomic E-state index is -0.00506. The normalized spacial score (nSPS) is 15.3. The lowest BCUT2D eigenvalue weighted by Gasteiger charge is -2.19. The summed E-state index contributed by atoms with van der Waals surface area (Å²) in [4.78, 5) is 13.7. The van der Waals surface area contributed by atoms with Crippen LogP contribution in [0.15, 0.2) is 6.33 Å². The lowest BCUT2D eigenvalue weighted by atomic mass is 10.1. The summed E-state index contributed by atoms with van der Waals surface area (Å²) in [7, 11) is 3.57. The fraction of sp³-hybridized carbons (Fsp3) is 0.625. The molecular formula is C16H26N8O. The van der Waals surface area contributed by atoms with E-state index in [1.165, 1.54) is 5.56 Å². The number of fused-ring (bicyclic) bond motifs is 1. The quantitative estimate of drug-likeness (QED) is 0.624. The van der Waals surface area contributed by atoms with Crippen LogP contribution in [0.25, 0.3) is 0 Å². The van der Waals surface area contributed by atoms with Gasteiger partial charge in [0.1, 0.15) is 18.0 Å². The maximum absolute atomic E-state index is 5.09. The van der Waals surface area contributed by atoms with Crippen molar-refractivity contribution in [2.75, 3.05) is 44.0 Å². The van der Waals surface area contributed by atoms with E-state index in [2.05, 4.69) is 33.0 Å². The Morgan fingerprint density at radius 2 is 2.16 bits per heavy atom. The van der Waals surface area contributed by atoms with Crippen LogP contribution in [0, 0.1) is 0 Å². The molecule has 0 aromatic carbocycles. The first-order valence-electron chi connectivity index (χ1n) is 8.62. The van der Waals surface area contributed by atoms with Crippen LogP contribution in [0.5, 0.6) is 0 Å². The summed E-state index contributed by atoms with van der Waals surface area (Å²) in [6.07, 6.45) is 3.36. The lowest BCUT2D eigenvalue weighted by Crippen LogP contribution is -2.18. The van der Waals surface area contributed by atoms with Crippen LogP contribution < -0.4 is 16.0 Å². The Bertz CT molecular complexity index is 701. The average Bonchev–Trinajstić information content (AvgIpc) is 2.88. The Morgan fingerprint density at radius 1 is 1.32 bits per heavy atom. The van der Waals surface area contributed by atoms with Crippen LogP contribution in [0.3, 0.4) is 0 Å². The highest BCUT2D eigenvalue weighted by atomic mass is 16.5. The summed E-state index contributed by atoms with van der Waals surface area (Å²) in [5.41, 5.74) is 2.27. The number of hydrogen-bond donors (Lipinski definition) is 3. The molecule has 9 nitrogen and oxygen atoms in total. The Balaban J connectivity index is 1.87. The number of anilines is 2. The molecule has 3 N–H and O–H groups in total. The molecule has 1 atom stereocenters. The van der Waals surface area contributed by atoms with Gasteiger partial charge in [-0.3, -0.25) is 4.68 Å². The first-order valence-corrected chi connectivity index (χ1v) is 8.62. The number of hydrogen-bond acceptors (Lipinski definition) is 8. The summed E-state index contributed by atoms with van der Waals surface area (Å²) >= 11 is 0. The van der Waals surface area contributed by atoms with E-state index in [-0.39, 0.29) is 6.04 Å². The van der Waals surface area contributed by atoms with Gasteiger partial charge in [0.05, 0.1) is 18.3 Å². The van der Waals surface area contributed by atoms with Gasteiger partial charge in [-0.1, -0.05) is 0 Å². The molecule has 0 fully saturated rings. The Hall–Kier alpha value is -2.26. The third kappa shape index (κ3) is 4.23. The Kier molecular flexibility index (Phi) is 5.77. The lowest BCUT2D eigenvalue weighted by molar-refractivity contribution is 0.210. The summed E-state index contributed by atoms with van der Waals surface area (Å²) in [6.45, 7) is 5.21. The van der Waals surface area contributed by atoms with Crippen molar-refractivity contribution in [2.45, 2.75) is 25.8 Å². The van der Waals surface area contributed by atoms with Crippen LogP contribution in [-0.4, -0.2) is 58.1 Å². The van der Waals surface area contributed by atoms with E-state index in [4.69, 9.17) is 14.7 Å². The highest BCUT2D eigenvalue weighted by Crippen LogP contribution is 2.25. The number of nitrogens with zero attached hydrogens (tertiary/aromatic N) is 5. The minimum absolute atomic E-state index is 0.00506. The Labute approximate surface area is 147 Å². The predicted octanol–water partition coefficient (Wildman–Crippen LogP) is 0.525. The second-order valence-corrected chi connectivity index (χ2v) is 6.10. The van der Waals surface area contributed by atoms with E-state index >= 15 is 0 Å². The second kappa shape index (κ2) is 8.21. The van der Waals surface area contributed by atoms with Crippen molar-refractivity contribution in [3.63, 3.8) is 0 Å². The molecule has 0 bridgehead atoms. The van der Waals surface area contributed by atoms with Crippen molar-refractivity contribution >= 4 is 11.8 Å². The molecule has 0 radical (unpaired) electrons. The molecule has 1 unspecified atom stereocenters.